The van der Waals surface area contributed by atoms with E-state index in [-0.39, 0.29) is 22.4 Å². The maximum absolute atomic E-state index is 2.59. The lowest BCUT2D eigenvalue weighted by atomic mass is 9.72. The molecule has 69 heavy (non-hydrogen) atoms. The number of allylic oxidation sites excluding steroid dienone is 8. The molecule has 11 rings (SSSR count). The molecule has 0 N–H and O–H groups in total. The van der Waals surface area contributed by atoms with Crippen LogP contribution in [0.1, 0.15) is 82.1 Å². The summed E-state index contributed by atoms with van der Waals surface area (Å²) in [6.45, 7) is 9.79. The van der Waals surface area contributed by atoms with Crippen molar-refractivity contribution in [3.63, 3.8) is 0 Å². The van der Waals surface area contributed by atoms with Gasteiger partial charge in [-0.15, -0.1) is 0 Å². The number of fused-ring (bicyclic) bond motifs is 1. The van der Waals surface area contributed by atoms with Gasteiger partial charge in [-0.05, 0) is 154 Å². The van der Waals surface area contributed by atoms with Crippen LogP contribution >= 0.6 is 0 Å². The number of benzene rings is 7. The van der Waals surface area contributed by atoms with E-state index in [1.807, 2.05) is 0 Å². The largest absolute Gasteiger partial charge is 0.334 e. The molecular formula is C67H62N2. The Morgan fingerprint density at radius 3 is 1.51 bits per heavy atom. The van der Waals surface area contributed by atoms with Crippen LogP contribution in [0.25, 0.3) is 33.4 Å². The lowest BCUT2D eigenvalue weighted by Crippen LogP contribution is -2.42. The maximum Gasteiger partial charge on any atom is 0.0643 e. The maximum atomic E-state index is 2.59. The van der Waals surface area contributed by atoms with E-state index in [4.69, 9.17) is 0 Å². The highest BCUT2D eigenvalue weighted by Crippen LogP contribution is 2.56. The number of nitrogens with zero attached hydrogens (tertiary/aromatic N) is 2. The summed E-state index contributed by atoms with van der Waals surface area (Å²) >= 11 is 0. The van der Waals surface area contributed by atoms with E-state index in [9.17, 15) is 0 Å². The Morgan fingerprint density at radius 2 is 0.971 bits per heavy atom. The minimum atomic E-state index is -0.298. The number of hydrogen-bond acceptors (Lipinski definition) is 2. The summed E-state index contributed by atoms with van der Waals surface area (Å²) in [5.41, 5.74) is 18.7. The van der Waals surface area contributed by atoms with E-state index in [1.54, 1.807) is 0 Å². The van der Waals surface area contributed by atoms with E-state index in [1.165, 1.54) is 84.0 Å². The highest BCUT2D eigenvalue weighted by molar-refractivity contribution is 5.80. The molecule has 0 aromatic heterocycles. The molecule has 0 fully saturated rings. The van der Waals surface area contributed by atoms with Crippen molar-refractivity contribution in [1.82, 2.24) is 0 Å². The van der Waals surface area contributed by atoms with Crippen LogP contribution in [0.5, 0.6) is 0 Å². The molecule has 3 unspecified atom stereocenters. The molecule has 0 bridgehead atoms. The molecule has 7 aromatic carbocycles. The summed E-state index contributed by atoms with van der Waals surface area (Å²) in [4.78, 5) is 5.13. The molecule has 2 nitrogen and oxygen atoms in total. The molecular weight excluding hydrogens is 833 g/mol. The van der Waals surface area contributed by atoms with Crippen molar-refractivity contribution in [3.8, 4) is 22.3 Å². The van der Waals surface area contributed by atoms with Gasteiger partial charge in [-0.2, -0.15) is 0 Å². The lowest BCUT2D eigenvalue weighted by molar-refractivity contribution is 0.422. The van der Waals surface area contributed by atoms with Gasteiger partial charge < -0.3 is 9.80 Å². The van der Waals surface area contributed by atoms with Crippen LogP contribution in [-0.4, -0.2) is 11.6 Å². The molecule has 2 heteroatoms. The second-order valence-electron chi connectivity index (χ2n) is 20.6. The van der Waals surface area contributed by atoms with Crippen molar-refractivity contribution >= 4 is 33.9 Å². The van der Waals surface area contributed by atoms with E-state index >= 15 is 0 Å². The quantitative estimate of drug-likeness (QED) is 0.128. The van der Waals surface area contributed by atoms with Crippen molar-refractivity contribution < 1.29 is 0 Å². The average molecular weight is 895 g/mol. The first-order valence-corrected chi connectivity index (χ1v) is 25.0. The molecule has 340 valence electrons. The fraction of sp³-hybridized carbons (Fsp3) is 0.194. The number of hydrogen-bond donors (Lipinski definition) is 0. The van der Waals surface area contributed by atoms with E-state index in [0.717, 1.165) is 32.1 Å². The Hall–Kier alpha value is -7.42. The van der Waals surface area contributed by atoms with Gasteiger partial charge in [0, 0.05) is 28.2 Å². The lowest BCUT2D eigenvalue weighted by Gasteiger charge is -2.43. The van der Waals surface area contributed by atoms with Gasteiger partial charge in [0.05, 0.1) is 11.6 Å². The Balaban J connectivity index is 0.938. The van der Waals surface area contributed by atoms with Gasteiger partial charge in [0.2, 0.25) is 0 Å². The fourth-order valence-electron chi connectivity index (χ4n) is 11.8. The third-order valence-electron chi connectivity index (χ3n) is 15.4. The van der Waals surface area contributed by atoms with Gasteiger partial charge in [0.25, 0.3) is 0 Å². The third-order valence-corrected chi connectivity index (χ3v) is 15.4. The predicted molar refractivity (Wildman–Crippen MR) is 294 cm³/mol. The Bertz CT molecular complexity index is 3150. The molecule has 4 aliphatic rings. The zero-order chi connectivity index (χ0) is 47.0. The fourth-order valence-corrected chi connectivity index (χ4v) is 11.8. The van der Waals surface area contributed by atoms with Crippen molar-refractivity contribution in [1.29, 1.82) is 0 Å². The molecule has 0 spiro atoms. The molecule has 0 saturated carbocycles. The average Bonchev–Trinajstić information content (AvgIpc) is 3.62. The van der Waals surface area contributed by atoms with Crippen molar-refractivity contribution in [2.75, 3.05) is 9.80 Å². The molecule has 0 saturated heterocycles. The molecule has 3 atom stereocenters. The summed E-state index contributed by atoms with van der Waals surface area (Å²) in [6.07, 6.45) is 26.7. The zero-order valence-electron chi connectivity index (χ0n) is 40.5. The zero-order valence-corrected chi connectivity index (χ0v) is 40.5. The van der Waals surface area contributed by atoms with Gasteiger partial charge >= 0.3 is 0 Å². The van der Waals surface area contributed by atoms with Crippen LogP contribution in [0.3, 0.4) is 0 Å². The molecule has 0 radical (unpaired) electrons. The first kappa shape index (κ1) is 44.1. The van der Waals surface area contributed by atoms with Crippen LogP contribution in [0.4, 0.5) is 22.7 Å². The first-order valence-electron chi connectivity index (χ1n) is 25.0. The Morgan fingerprint density at radius 1 is 0.449 bits per heavy atom. The molecule has 4 aliphatic carbocycles. The summed E-state index contributed by atoms with van der Waals surface area (Å²) < 4.78 is 0. The topological polar surface area (TPSA) is 6.48 Å². The van der Waals surface area contributed by atoms with Crippen molar-refractivity contribution in [3.05, 3.63) is 265 Å². The minimum absolute atomic E-state index is 0.00944. The highest BCUT2D eigenvalue weighted by Gasteiger charge is 2.47. The standard InChI is InChI=1S/C67H62N2/c1-65(2)48-67(4,57-31-39-60(40-32-57)68(58-33-25-53(26-34-58)49-17-9-5-10-18-49)59-35-27-54(28-36-59)50-19-11-6-12-20-50)64-47-62(41-42-63(64)65)69(61-37-29-55(30-38-61)51-21-13-7-14-22-51)66(3)45-43-56(44-46-66)52-23-15-8-16-24-52/h5,7-11,13-39,41-45,47,60H,6,12,40,46,48H2,1-4H3. The molecule has 0 amide bonds. The second kappa shape index (κ2) is 18.2. The number of anilines is 4. The minimum Gasteiger partial charge on any atom is -0.334 e. The van der Waals surface area contributed by atoms with Crippen molar-refractivity contribution in [2.24, 2.45) is 0 Å². The van der Waals surface area contributed by atoms with E-state index < -0.39 is 0 Å². The summed E-state index contributed by atoms with van der Waals surface area (Å²) in [5, 5.41) is 0. The third kappa shape index (κ3) is 8.59. The van der Waals surface area contributed by atoms with Gasteiger partial charge in [-0.3, -0.25) is 0 Å². The molecule has 0 heterocycles. The predicted octanol–water partition coefficient (Wildman–Crippen LogP) is 17.7. The van der Waals surface area contributed by atoms with Gasteiger partial charge in [0.1, 0.15) is 0 Å². The van der Waals surface area contributed by atoms with Gasteiger partial charge in [-0.1, -0.05) is 209 Å². The normalized spacial score (nSPS) is 21.2. The van der Waals surface area contributed by atoms with Gasteiger partial charge in [0.15, 0.2) is 0 Å². The highest BCUT2D eigenvalue weighted by atomic mass is 15.2. The Labute approximate surface area is 410 Å². The number of rotatable bonds is 11. The SMILES string of the molecule is CC1(C)CC(C)(C2=CCC(N(c3ccc(C4=CCCC=C4)cc3)c3ccc(-c4ccccc4)cc3)C=C2)c2cc(N(c3ccc(-c4ccccc4)cc3)C3(C)C=CC(c4ccccc4)=CC3)ccc21. The smallest absolute Gasteiger partial charge is 0.0643 e. The van der Waals surface area contributed by atoms with Crippen LogP contribution < -0.4 is 9.80 Å². The van der Waals surface area contributed by atoms with Crippen LogP contribution in [-0.2, 0) is 10.8 Å². The summed E-state index contributed by atoms with van der Waals surface area (Å²) in [6, 6.07) is 67.3. The Kier molecular flexibility index (Phi) is 11.7. The molecule has 7 aromatic rings. The van der Waals surface area contributed by atoms with Crippen molar-refractivity contribution in [2.45, 2.75) is 82.2 Å². The van der Waals surface area contributed by atoms with Gasteiger partial charge in [-0.25, -0.2) is 0 Å². The monoisotopic (exact) mass is 894 g/mol. The summed E-state index contributed by atoms with van der Waals surface area (Å²) in [5.74, 6) is 0. The first-order chi connectivity index (χ1) is 33.6. The summed E-state index contributed by atoms with van der Waals surface area (Å²) in [7, 11) is 0. The van der Waals surface area contributed by atoms with Crippen LogP contribution in [0.15, 0.2) is 242 Å². The molecule has 0 aliphatic heterocycles. The van der Waals surface area contributed by atoms with Crippen LogP contribution in [0.2, 0.25) is 0 Å². The van der Waals surface area contributed by atoms with E-state index in [2.05, 4.69) is 274 Å². The van der Waals surface area contributed by atoms with E-state index in [0.29, 0.717) is 0 Å². The van der Waals surface area contributed by atoms with Crippen LogP contribution in [0, 0.1) is 0 Å². The second-order valence-corrected chi connectivity index (χ2v) is 20.6.